The minimum atomic E-state index is -0.878. The number of aliphatic carboxylic acids is 1. The second kappa shape index (κ2) is 42.0. The molecule has 0 radical (unpaired) electrons. The molecule has 8 nitrogen and oxygen atoms in total. The minimum absolute atomic E-state index is 0.0547. The highest BCUT2D eigenvalue weighted by Gasteiger charge is 2.31. The van der Waals surface area contributed by atoms with Crippen LogP contribution in [0.1, 0.15) is 206 Å². The van der Waals surface area contributed by atoms with Gasteiger partial charge in [-0.3, -0.25) is 9.59 Å². The third-order valence-corrected chi connectivity index (χ3v) is 10.7. The number of carboxylic acid groups (broad SMARTS) is 1. The largest absolute Gasteiger partial charge is 0.477 e. The summed E-state index contributed by atoms with van der Waals surface area (Å²) in [6, 6.07) is -0.618. The molecule has 0 aliphatic carbocycles. The monoisotopic (exact) mass is 831 g/mol. The predicted octanol–water partition coefficient (Wildman–Crippen LogP) is 13.6. The molecule has 0 saturated heterocycles. The van der Waals surface area contributed by atoms with Crippen molar-refractivity contribution >= 4 is 17.9 Å². The zero-order valence-corrected chi connectivity index (χ0v) is 39.0. The summed E-state index contributed by atoms with van der Waals surface area (Å²) >= 11 is 0. The number of esters is 2. The van der Waals surface area contributed by atoms with Crippen molar-refractivity contribution in [2.24, 2.45) is 0 Å². The number of ether oxygens (including phenoxy) is 3. The molecule has 342 valence electrons. The van der Waals surface area contributed by atoms with Crippen LogP contribution in [0.5, 0.6) is 0 Å². The lowest BCUT2D eigenvalue weighted by molar-refractivity contribution is -0.887. The lowest BCUT2D eigenvalue weighted by Gasteiger charge is -2.31. The number of quaternary nitrogens is 1. The maximum Gasteiger partial charge on any atom is 0.362 e. The number of carbonyl (C=O) groups excluding carboxylic acids is 2. The molecule has 0 aliphatic rings. The molecule has 2 unspecified atom stereocenters. The van der Waals surface area contributed by atoms with Crippen molar-refractivity contribution in [3.05, 3.63) is 48.6 Å². The molecule has 0 heterocycles. The topological polar surface area (TPSA) is 99.1 Å². The van der Waals surface area contributed by atoms with Crippen LogP contribution in [0.25, 0.3) is 0 Å². The quantitative estimate of drug-likeness (QED) is 0.0283. The summed E-state index contributed by atoms with van der Waals surface area (Å²) in [6.45, 7) is 4.69. The van der Waals surface area contributed by atoms with Gasteiger partial charge in [0.15, 0.2) is 12.1 Å². The van der Waals surface area contributed by atoms with Crippen LogP contribution in [0.3, 0.4) is 0 Å². The molecule has 2 atom stereocenters. The summed E-state index contributed by atoms with van der Waals surface area (Å²) in [7, 11) is 5.53. The van der Waals surface area contributed by atoms with Crippen molar-refractivity contribution in [1.29, 1.82) is 0 Å². The van der Waals surface area contributed by atoms with E-state index in [1.807, 2.05) is 21.1 Å². The number of hydrogen-bond acceptors (Lipinski definition) is 6. The van der Waals surface area contributed by atoms with Crippen LogP contribution in [-0.4, -0.2) is 80.6 Å². The van der Waals surface area contributed by atoms with Crippen molar-refractivity contribution in [2.45, 2.75) is 219 Å². The fraction of sp³-hybridized carbons (Fsp3) is 0.784. The van der Waals surface area contributed by atoms with Crippen LogP contribution >= 0.6 is 0 Å². The number of hydrogen-bond donors (Lipinski definition) is 1. The van der Waals surface area contributed by atoms with E-state index >= 15 is 0 Å². The predicted molar refractivity (Wildman–Crippen MR) is 248 cm³/mol. The molecule has 0 bridgehead atoms. The molecule has 8 heteroatoms. The van der Waals surface area contributed by atoms with Gasteiger partial charge in [0.2, 0.25) is 0 Å². The maximum atomic E-state index is 12.8. The number of rotatable bonds is 43. The Hall–Kier alpha value is -2.71. The summed E-state index contributed by atoms with van der Waals surface area (Å²) < 4.78 is 17.3. The second-order valence-electron chi connectivity index (χ2n) is 17.4. The van der Waals surface area contributed by atoms with E-state index in [-0.39, 0.29) is 36.2 Å². The summed E-state index contributed by atoms with van der Waals surface area (Å²) in [5.74, 6) is -1.49. The molecule has 0 amide bonds. The molecule has 0 aromatic rings. The summed E-state index contributed by atoms with van der Waals surface area (Å²) in [5, 5.41) is 9.64. The number of likely N-dealkylation sites (N-methyl/N-ethyl adjacent to an activating group) is 1. The van der Waals surface area contributed by atoms with Crippen molar-refractivity contribution in [3.63, 3.8) is 0 Å². The Morgan fingerprint density at radius 3 is 1.34 bits per heavy atom. The average Bonchev–Trinajstić information content (AvgIpc) is 3.19. The molecular weight excluding hydrogens is 739 g/mol. The van der Waals surface area contributed by atoms with Gasteiger partial charge in [0.25, 0.3) is 0 Å². The zero-order valence-electron chi connectivity index (χ0n) is 39.0. The van der Waals surface area contributed by atoms with Crippen LogP contribution in [0, 0.1) is 0 Å². The Balaban J connectivity index is 4.32. The summed E-state index contributed by atoms with van der Waals surface area (Å²) in [6.07, 6.45) is 50.0. The van der Waals surface area contributed by atoms with Gasteiger partial charge < -0.3 is 23.8 Å². The van der Waals surface area contributed by atoms with Crippen LogP contribution in [0.4, 0.5) is 0 Å². The Morgan fingerprint density at radius 1 is 0.508 bits per heavy atom. The van der Waals surface area contributed by atoms with Gasteiger partial charge >= 0.3 is 17.9 Å². The maximum absolute atomic E-state index is 12.8. The summed E-state index contributed by atoms with van der Waals surface area (Å²) in [5.41, 5.74) is 0. The minimum Gasteiger partial charge on any atom is -0.477 e. The normalized spacial score (nSPS) is 13.3. The van der Waals surface area contributed by atoms with Gasteiger partial charge in [0.05, 0.1) is 34.4 Å². The Labute approximate surface area is 363 Å². The number of carbonyl (C=O) groups is 3. The van der Waals surface area contributed by atoms with Crippen LogP contribution in [0.2, 0.25) is 0 Å². The van der Waals surface area contributed by atoms with Gasteiger partial charge in [-0.15, -0.1) is 0 Å². The molecule has 0 fully saturated rings. The van der Waals surface area contributed by atoms with Gasteiger partial charge in [-0.1, -0.05) is 159 Å². The highest BCUT2D eigenvalue weighted by Crippen LogP contribution is 2.14. The van der Waals surface area contributed by atoms with Gasteiger partial charge in [0, 0.05) is 19.3 Å². The van der Waals surface area contributed by atoms with Crippen molar-refractivity contribution < 1.29 is 38.2 Å². The van der Waals surface area contributed by atoms with Gasteiger partial charge in [-0.05, 0) is 77.0 Å². The number of unbranched alkanes of at least 4 members (excludes halogenated alkanes) is 21. The third-order valence-electron chi connectivity index (χ3n) is 10.7. The molecule has 0 spiro atoms. The standard InChI is InChI=1S/C51H91NO7/c1-6-8-10-12-14-16-18-20-22-24-25-26-28-30-32-34-36-38-40-42-50(54)59-47(45-57-44-43-48(51(55)56)52(3,4)5)46-58-49(53)41-39-37-35-33-31-29-27-23-21-19-17-15-13-11-9-7-2/h14,16-17,19-20,22-23,27,47-48H,6-13,15,18,21,24-26,28-46H2,1-5H3/p+1/b16-14-,19-17-,22-20-,27-23-. The first-order valence-electron chi connectivity index (χ1n) is 24.2. The molecule has 0 aromatic heterocycles. The fourth-order valence-electron chi connectivity index (χ4n) is 6.92. The van der Waals surface area contributed by atoms with Gasteiger partial charge in [-0.25, -0.2) is 4.79 Å². The van der Waals surface area contributed by atoms with E-state index in [1.54, 1.807) is 0 Å². The highest BCUT2D eigenvalue weighted by atomic mass is 16.6. The SMILES string of the molecule is CCCCC/C=C\C/C=C\CCCCCCCCCCCC(=O)OC(COCCC(C(=O)O)[N+](C)(C)C)COC(=O)CCCCCCC/C=C\C/C=C\CCCCCC. The fourth-order valence-corrected chi connectivity index (χ4v) is 6.92. The van der Waals surface area contributed by atoms with E-state index in [0.717, 1.165) is 70.6 Å². The Kier molecular flexibility index (Phi) is 40.1. The number of nitrogens with zero attached hydrogens (tertiary/aromatic N) is 1. The molecule has 0 aromatic carbocycles. The highest BCUT2D eigenvalue weighted by molar-refractivity contribution is 5.72. The first-order chi connectivity index (χ1) is 28.6. The molecular formula is C51H92NO7+. The average molecular weight is 831 g/mol. The molecule has 0 rings (SSSR count). The van der Waals surface area contributed by atoms with Crippen LogP contribution < -0.4 is 0 Å². The summed E-state index contributed by atoms with van der Waals surface area (Å²) in [4.78, 5) is 37.1. The van der Waals surface area contributed by atoms with Crippen LogP contribution in [0.15, 0.2) is 48.6 Å². The smallest absolute Gasteiger partial charge is 0.362 e. The Bertz CT molecular complexity index is 1110. The van der Waals surface area contributed by atoms with E-state index in [2.05, 4.69) is 62.5 Å². The first-order valence-corrected chi connectivity index (χ1v) is 24.2. The molecule has 1 N–H and O–H groups in total. The van der Waals surface area contributed by atoms with Crippen molar-refractivity contribution in [1.82, 2.24) is 0 Å². The molecule has 0 saturated carbocycles. The van der Waals surface area contributed by atoms with Gasteiger partial charge in [-0.2, -0.15) is 0 Å². The zero-order chi connectivity index (χ0) is 43.5. The van der Waals surface area contributed by atoms with Crippen molar-refractivity contribution in [3.8, 4) is 0 Å². The van der Waals surface area contributed by atoms with Gasteiger partial charge in [0.1, 0.15) is 6.61 Å². The van der Waals surface area contributed by atoms with Crippen molar-refractivity contribution in [2.75, 3.05) is 41.0 Å². The van der Waals surface area contributed by atoms with E-state index in [1.165, 1.54) is 103 Å². The molecule has 59 heavy (non-hydrogen) atoms. The number of carboxylic acids is 1. The van der Waals surface area contributed by atoms with E-state index < -0.39 is 18.1 Å². The first kappa shape index (κ1) is 56.3. The van der Waals surface area contributed by atoms with E-state index in [4.69, 9.17) is 14.2 Å². The lowest BCUT2D eigenvalue weighted by atomic mass is 10.1. The molecule has 0 aliphatic heterocycles. The van der Waals surface area contributed by atoms with E-state index in [0.29, 0.717) is 19.3 Å². The Morgan fingerprint density at radius 2 is 0.898 bits per heavy atom. The third kappa shape index (κ3) is 40.5. The second-order valence-corrected chi connectivity index (χ2v) is 17.4. The number of allylic oxidation sites excluding steroid dienone is 8. The van der Waals surface area contributed by atoms with E-state index in [9.17, 15) is 19.5 Å². The van der Waals surface area contributed by atoms with Crippen LogP contribution in [-0.2, 0) is 28.6 Å². The lowest BCUT2D eigenvalue weighted by Crippen LogP contribution is -2.50.